The van der Waals surface area contributed by atoms with Gasteiger partial charge in [0.1, 0.15) is 0 Å². The average molecular weight is 230 g/mol. The summed E-state index contributed by atoms with van der Waals surface area (Å²) in [5.41, 5.74) is 0.387. The first-order valence-electron chi connectivity index (χ1n) is 4.56. The van der Waals surface area contributed by atoms with Crippen LogP contribution in [-0.2, 0) is 12.7 Å². The Balaban J connectivity index is 2.49. The smallest absolute Gasteiger partial charge is 0.315 e. The van der Waals surface area contributed by atoms with Crippen molar-refractivity contribution in [3.05, 3.63) is 29.7 Å². The van der Waals surface area contributed by atoms with E-state index >= 15 is 0 Å². The van der Waals surface area contributed by atoms with E-state index in [1.54, 1.807) is 7.05 Å². The molecule has 0 aliphatic rings. The summed E-state index contributed by atoms with van der Waals surface area (Å²) in [4.78, 5) is 3.77. The molecule has 1 N–H and O–H groups in total. The number of rotatable bonds is 2. The summed E-state index contributed by atoms with van der Waals surface area (Å²) in [5.74, 6) is 0. The molecule has 0 aromatic carbocycles. The van der Waals surface area contributed by atoms with E-state index in [1.807, 2.05) is 0 Å². The van der Waals surface area contributed by atoms with Gasteiger partial charge >= 0.3 is 6.18 Å². The molecule has 0 spiro atoms. The van der Waals surface area contributed by atoms with E-state index in [-0.39, 0.29) is 0 Å². The topological polar surface area (TPSA) is 42.2 Å². The van der Waals surface area contributed by atoms with Gasteiger partial charge in [-0.1, -0.05) is 0 Å². The first-order chi connectivity index (χ1) is 7.52. The highest BCUT2D eigenvalue weighted by atomic mass is 19.4. The second-order valence-corrected chi connectivity index (χ2v) is 3.31. The standard InChI is InChI=1S/C9H9F3N4/c1-13-2-6-3-15-16-5-7(9(10,11)12)4-14-8(6)16/h3-5,13H,2H2,1H3. The first kappa shape index (κ1) is 10.9. The Kier molecular flexibility index (Phi) is 2.55. The van der Waals surface area contributed by atoms with Crippen LogP contribution < -0.4 is 5.32 Å². The van der Waals surface area contributed by atoms with Crippen molar-refractivity contribution in [2.24, 2.45) is 0 Å². The predicted molar refractivity (Wildman–Crippen MR) is 50.8 cm³/mol. The zero-order valence-electron chi connectivity index (χ0n) is 8.41. The van der Waals surface area contributed by atoms with E-state index in [2.05, 4.69) is 15.4 Å². The lowest BCUT2D eigenvalue weighted by atomic mass is 10.3. The molecule has 16 heavy (non-hydrogen) atoms. The molecule has 0 saturated carbocycles. The van der Waals surface area contributed by atoms with Crippen LogP contribution in [0.3, 0.4) is 0 Å². The van der Waals surface area contributed by atoms with Crippen LogP contribution in [0.5, 0.6) is 0 Å². The van der Waals surface area contributed by atoms with Gasteiger partial charge in [0.05, 0.1) is 11.8 Å². The molecule has 2 heterocycles. The summed E-state index contributed by atoms with van der Waals surface area (Å²) < 4.78 is 38.3. The Morgan fingerprint density at radius 2 is 2.12 bits per heavy atom. The normalized spacial score (nSPS) is 12.2. The molecule has 2 aromatic rings. The second kappa shape index (κ2) is 3.75. The summed E-state index contributed by atoms with van der Waals surface area (Å²) in [6.07, 6.45) is -1.15. The molecule has 7 heteroatoms. The minimum absolute atomic E-state index is 0.433. The van der Waals surface area contributed by atoms with Crippen molar-refractivity contribution in [1.82, 2.24) is 19.9 Å². The lowest BCUT2D eigenvalue weighted by molar-refractivity contribution is -0.138. The molecule has 0 aliphatic carbocycles. The Hall–Kier alpha value is -1.63. The fourth-order valence-electron chi connectivity index (χ4n) is 1.39. The number of nitrogens with zero attached hydrogens (tertiary/aromatic N) is 3. The maximum absolute atomic E-state index is 12.4. The van der Waals surface area contributed by atoms with Gasteiger partial charge in [-0.3, -0.25) is 0 Å². The van der Waals surface area contributed by atoms with E-state index < -0.39 is 11.7 Å². The Morgan fingerprint density at radius 1 is 1.38 bits per heavy atom. The van der Waals surface area contributed by atoms with Crippen LogP contribution in [0.1, 0.15) is 11.1 Å². The summed E-state index contributed by atoms with van der Waals surface area (Å²) in [5, 5.41) is 6.72. The van der Waals surface area contributed by atoms with Gasteiger partial charge in [-0.15, -0.1) is 0 Å². The summed E-state index contributed by atoms with van der Waals surface area (Å²) in [6, 6.07) is 0. The van der Waals surface area contributed by atoms with Crippen LogP contribution in [0.25, 0.3) is 5.65 Å². The van der Waals surface area contributed by atoms with Gasteiger partial charge in [0, 0.05) is 24.5 Å². The van der Waals surface area contributed by atoms with E-state index in [0.717, 1.165) is 22.5 Å². The highest BCUT2D eigenvalue weighted by molar-refractivity contribution is 5.46. The van der Waals surface area contributed by atoms with Gasteiger partial charge in [-0.05, 0) is 7.05 Å². The molecule has 0 saturated heterocycles. The lowest BCUT2D eigenvalue weighted by Gasteiger charge is -2.05. The van der Waals surface area contributed by atoms with Gasteiger partial charge in [-0.25, -0.2) is 9.50 Å². The molecule has 0 amide bonds. The maximum Gasteiger partial charge on any atom is 0.419 e. The molecule has 0 fully saturated rings. The number of alkyl halides is 3. The highest BCUT2D eigenvalue weighted by Gasteiger charge is 2.31. The molecule has 86 valence electrons. The van der Waals surface area contributed by atoms with Crippen molar-refractivity contribution < 1.29 is 13.2 Å². The molecule has 2 rings (SSSR count). The van der Waals surface area contributed by atoms with Crippen molar-refractivity contribution in [2.75, 3.05) is 7.05 Å². The maximum atomic E-state index is 12.4. The quantitative estimate of drug-likeness (QED) is 0.849. The van der Waals surface area contributed by atoms with Gasteiger partial charge < -0.3 is 5.32 Å². The monoisotopic (exact) mass is 230 g/mol. The van der Waals surface area contributed by atoms with Gasteiger partial charge in [0.25, 0.3) is 0 Å². The number of halogens is 3. The molecule has 2 aromatic heterocycles. The second-order valence-electron chi connectivity index (χ2n) is 3.31. The van der Waals surface area contributed by atoms with E-state index in [9.17, 15) is 13.2 Å². The lowest BCUT2D eigenvalue weighted by Crippen LogP contribution is -2.09. The van der Waals surface area contributed by atoms with Crippen LogP contribution in [0.2, 0.25) is 0 Å². The van der Waals surface area contributed by atoms with Gasteiger partial charge in [0.15, 0.2) is 5.65 Å². The van der Waals surface area contributed by atoms with Crippen LogP contribution in [0.4, 0.5) is 13.2 Å². The Bertz CT molecular complexity index is 503. The molecular formula is C9H9F3N4. The Labute approximate surface area is 89.1 Å². The largest absolute Gasteiger partial charge is 0.419 e. The van der Waals surface area contributed by atoms with Gasteiger partial charge in [0.2, 0.25) is 0 Å². The fourth-order valence-corrected chi connectivity index (χ4v) is 1.39. The van der Waals surface area contributed by atoms with Crippen LogP contribution in [0.15, 0.2) is 18.6 Å². The fraction of sp³-hybridized carbons (Fsp3) is 0.333. The SMILES string of the molecule is CNCc1cnn2cc(C(F)(F)F)cnc12. The molecule has 0 unspecified atom stereocenters. The number of aromatic nitrogens is 3. The van der Waals surface area contributed by atoms with E-state index in [1.165, 1.54) is 6.20 Å². The summed E-state index contributed by atoms with van der Waals surface area (Å²) in [6.45, 7) is 0.516. The first-order valence-corrected chi connectivity index (χ1v) is 4.56. The minimum Gasteiger partial charge on any atom is -0.315 e. The van der Waals surface area contributed by atoms with E-state index in [4.69, 9.17) is 0 Å². The van der Waals surface area contributed by atoms with Gasteiger partial charge in [-0.2, -0.15) is 18.3 Å². The zero-order chi connectivity index (χ0) is 11.8. The van der Waals surface area contributed by atoms with Crippen LogP contribution in [0, 0.1) is 0 Å². The third-order valence-corrected chi connectivity index (χ3v) is 2.12. The van der Waals surface area contributed by atoms with Crippen molar-refractivity contribution in [3.63, 3.8) is 0 Å². The van der Waals surface area contributed by atoms with Crippen molar-refractivity contribution in [1.29, 1.82) is 0 Å². The molecule has 0 radical (unpaired) electrons. The molecule has 0 bridgehead atoms. The number of nitrogens with one attached hydrogen (secondary N) is 1. The van der Waals surface area contributed by atoms with E-state index in [0.29, 0.717) is 12.2 Å². The predicted octanol–water partition coefficient (Wildman–Crippen LogP) is 1.47. The molecule has 0 atom stereocenters. The molecular weight excluding hydrogens is 221 g/mol. The number of hydrogen-bond donors (Lipinski definition) is 1. The average Bonchev–Trinajstić information content (AvgIpc) is 2.60. The van der Waals surface area contributed by atoms with Crippen molar-refractivity contribution >= 4 is 5.65 Å². The number of hydrogen-bond acceptors (Lipinski definition) is 3. The minimum atomic E-state index is -4.39. The summed E-state index contributed by atoms with van der Waals surface area (Å²) >= 11 is 0. The Morgan fingerprint density at radius 3 is 2.75 bits per heavy atom. The van der Waals surface area contributed by atoms with Crippen molar-refractivity contribution in [3.8, 4) is 0 Å². The molecule has 0 aliphatic heterocycles. The van der Waals surface area contributed by atoms with Crippen LogP contribution in [-0.4, -0.2) is 21.6 Å². The van der Waals surface area contributed by atoms with Crippen molar-refractivity contribution in [2.45, 2.75) is 12.7 Å². The molecule has 4 nitrogen and oxygen atoms in total. The number of fused-ring (bicyclic) bond motifs is 1. The third-order valence-electron chi connectivity index (χ3n) is 2.12. The summed E-state index contributed by atoms with van der Waals surface area (Å²) in [7, 11) is 1.74. The highest BCUT2D eigenvalue weighted by Crippen LogP contribution is 2.28. The van der Waals surface area contributed by atoms with Crippen LogP contribution >= 0.6 is 0 Å². The third kappa shape index (κ3) is 1.85. The zero-order valence-corrected chi connectivity index (χ0v) is 8.41.